The minimum atomic E-state index is 0.118. The fourth-order valence-electron chi connectivity index (χ4n) is 2.08. The van der Waals surface area contributed by atoms with Gasteiger partial charge in [-0.2, -0.15) is 11.3 Å². The third kappa shape index (κ3) is 2.72. The summed E-state index contributed by atoms with van der Waals surface area (Å²) in [4.78, 5) is 0. The van der Waals surface area contributed by atoms with Crippen molar-refractivity contribution in [1.82, 2.24) is 5.43 Å². The number of hydrazine groups is 1. The van der Waals surface area contributed by atoms with E-state index in [0.29, 0.717) is 0 Å². The Kier molecular flexibility index (Phi) is 4.36. The quantitative estimate of drug-likeness (QED) is 0.643. The minimum Gasteiger partial charge on any atom is -0.496 e. The number of para-hydroxylation sites is 1. The Morgan fingerprint density at radius 2 is 2.11 bits per heavy atom. The van der Waals surface area contributed by atoms with Crippen molar-refractivity contribution in [3.63, 3.8) is 0 Å². The molecule has 0 bridgehead atoms. The van der Waals surface area contributed by atoms with E-state index in [2.05, 4.69) is 29.2 Å². The zero-order valence-corrected chi connectivity index (χ0v) is 11.5. The van der Waals surface area contributed by atoms with Crippen LogP contribution in [-0.4, -0.2) is 7.11 Å². The van der Waals surface area contributed by atoms with Gasteiger partial charge in [0.25, 0.3) is 0 Å². The third-order valence-corrected chi connectivity index (χ3v) is 3.97. The van der Waals surface area contributed by atoms with Crippen LogP contribution in [0.5, 0.6) is 5.75 Å². The summed E-state index contributed by atoms with van der Waals surface area (Å²) in [6, 6.07) is 8.16. The molecule has 2 aromatic rings. The number of benzene rings is 1. The van der Waals surface area contributed by atoms with Gasteiger partial charge >= 0.3 is 0 Å². The van der Waals surface area contributed by atoms with Gasteiger partial charge in [-0.3, -0.25) is 11.3 Å². The van der Waals surface area contributed by atoms with E-state index in [0.717, 1.165) is 17.7 Å². The highest BCUT2D eigenvalue weighted by molar-refractivity contribution is 7.08. The van der Waals surface area contributed by atoms with Crippen LogP contribution in [0.25, 0.3) is 0 Å². The van der Waals surface area contributed by atoms with Crippen molar-refractivity contribution < 1.29 is 4.74 Å². The summed E-state index contributed by atoms with van der Waals surface area (Å²) in [5.74, 6) is 6.59. The average Bonchev–Trinajstić information content (AvgIpc) is 2.82. The Morgan fingerprint density at radius 1 is 1.33 bits per heavy atom. The smallest absolute Gasteiger partial charge is 0.122 e. The molecular formula is C14H18N2OS. The van der Waals surface area contributed by atoms with Crippen LogP contribution >= 0.6 is 11.3 Å². The molecule has 18 heavy (non-hydrogen) atoms. The van der Waals surface area contributed by atoms with Crippen LogP contribution < -0.4 is 16.0 Å². The molecule has 1 atom stereocenters. The number of methoxy groups -OCH3 is 1. The number of thiophene rings is 1. The van der Waals surface area contributed by atoms with Gasteiger partial charge in [0.2, 0.25) is 0 Å². The highest BCUT2D eigenvalue weighted by Gasteiger charge is 2.15. The SMILES string of the molecule is COc1ccccc1CC(NN)c1cscc1C. The molecule has 1 unspecified atom stereocenters. The lowest BCUT2D eigenvalue weighted by Crippen LogP contribution is -2.29. The van der Waals surface area contributed by atoms with Crippen molar-refractivity contribution in [2.75, 3.05) is 7.11 Å². The molecule has 0 saturated heterocycles. The Morgan fingerprint density at radius 3 is 2.72 bits per heavy atom. The third-order valence-electron chi connectivity index (χ3n) is 3.09. The normalized spacial score (nSPS) is 12.4. The molecule has 0 aliphatic heterocycles. The Balaban J connectivity index is 2.23. The molecule has 1 aromatic carbocycles. The lowest BCUT2D eigenvalue weighted by molar-refractivity contribution is 0.405. The maximum Gasteiger partial charge on any atom is 0.122 e. The lowest BCUT2D eigenvalue weighted by Gasteiger charge is -2.17. The lowest BCUT2D eigenvalue weighted by atomic mass is 9.98. The van der Waals surface area contributed by atoms with Gasteiger partial charge in [-0.15, -0.1) is 0 Å². The second kappa shape index (κ2) is 6.00. The molecule has 0 spiro atoms. The van der Waals surface area contributed by atoms with Gasteiger partial charge in [-0.25, -0.2) is 0 Å². The fourth-order valence-corrected chi connectivity index (χ4v) is 2.98. The molecule has 0 aliphatic rings. The molecule has 1 aromatic heterocycles. The van der Waals surface area contributed by atoms with Gasteiger partial charge < -0.3 is 4.74 Å². The molecule has 3 nitrogen and oxygen atoms in total. The molecule has 0 amide bonds. The summed E-state index contributed by atoms with van der Waals surface area (Å²) in [6.45, 7) is 2.11. The van der Waals surface area contributed by atoms with Crippen molar-refractivity contribution in [2.45, 2.75) is 19.4 Å². The molecule has 0 aliphatic carbocycles. The van der Waals surface area contributed by atoms with Crippen LogP contribution in [0, 0.1) is 6.92 Å². The second-order valence-electron chi connectivity index (χ2n) is 4.25. The van der Waals surface area contributed by atoms with E-state index in [4.69, 9.17) is 10.6 Å². The van der Waals surface area contributed by atoms with Crippen molar-refractivity contribution in [2.24, 2.45) is 5.84 Å². The number of hydrogen-bond donors (Lipinski definition) is 2. The van der Waals surface area contributed by atoms with Crippen molar-refractivity contribution in [3.05, 3.63) is 51.7 Å². The standard InChI is InChI=1S/C14H18N2OS/c1-10-8-18-9-12(10)13(16-15)7-11-5-3-4-6-14(11)17-2/h3-6,8-9,13,16H,7,15H2,1-2H3. The molecule has 96 valence electrons. The van der Waals surface area contributed by atoms with Gasteiger partial charge in [0.15, 0.2) is 0 Å². The second-order valence-corrected chi connectivity index (χ2v) is 4.99. The molecule has 0 fully saturated rings. The zero-order valence-electron chi connectivity index (χ0n) is 10.6. The van der Waals surface area contributed by atoms with Crippen molar-refractivity contribution in [1.29, 1.82) is 0 Å². The molecule has 0 radical (unpaired) electrons. The Hall–Kier alpha value is -1.36. The van der Waals surface area contributed by atoms with Gasteiger partial charge in [0, 0.05) is 0 Å². The van der Waals surface area contributed by atoms with Gasteiger partial charge in [0.05, 0.1) is 13.2 Å². The highest BCUT2D eigenvalue weighted by atomic mass is 32.1. The first-order valence-electron chi connectivity index (χ1n) is 5.87. The highest BCUT2D eigenvalue weighted by Crippen LogP contribution is 2.27. The number of rotatable bonds is 5. The number of nitrogens with one attached hydrogen (secondary N) is 1. The first-order valence-corrected chi connectivity index (χ1v) is 6.81. The van der Waals surface area contributed by atoms with E-state index in [1.54, 1.807) is 18.4 Å². The summed E-state index contributed by atoms with van der Waals surface area (Å²) in [6.07, 6.45) is 0.818. The van der Waals surface area contributed by atoms with Crippen LogP contribution in [0.1, 0.15) is 22.7 Å². The summed E-state index contributed by atoms with van der Waals surface area (Å²) >= 11 is 1.70. The van der Waals surface area contributed by atoms with Crippen LogP contribution in [0.2, 0.25) is 0 Å². The van der Waals surface area contributed by atoms with E-state index in [1.165, 1.54) is 11.1 Å². The summed E-state index contributed by atoms with van der Waals surface area (Å²) in [5.41, 5.74) is 6.59. The summed E-state index contributed by atoms with van der Waals surface area (Å²) < 4.78 is 5.37. The maximum absolute atomic E-state index is 5.69. The molecular weight excluding hydrogens is 244 g/mol. The van der Waals surface area contributed by atoms with Crippen LogP contribution in [-0.2, 0) is 6.42 Å². The van der Waals surface area contributed by atoms with Gasteiger partial charge in [-0.05, 0) is 46.9 Å². The van der Waals surface area contributed by atoms with E-state index < -0.39 is 0 Å². The first-order chi connectivity index (χ1) is 8.76. The van der Waals surface area contributed by atoms with Crippen LogP contribution in [0.3, 0.4) is 0 Å². The van der Waals surface area contributed by atoms with E-state index in [-0.39, 0.29) is 6.04 Å². The van der Waals surface area contributed by atoms with E-state index >= 15 is 0 Å². The van der Waals surface area contributed by atoms with Crippen LogP contribution in [0.15, 0.2) is 35.0 Å². The fraction of sp³-hybridized carbons (Fsp3) is 0.286. The molecule has 0 saturated carbocycles. The first kappa shape index (κ1) is 13.1. The summed E-state index contributed by atoms with van der Waals surface area (Å²) in [7, 11) is 1.69. The number of ether oxygens (including phenoxy) is 1. The molecule has 3 N–H and O–H groups in total. The molecule has 1 heterocycles. The van der Waals surface area contributed by atoms with Gasteiger partial charge in [0.1, 0.15) is 5.75 Å². The van der Waals surface area contributed by atoms with Crippen LogP contribution in [0.4, 0.5) is 0 Å². The number of hydrogen-bond acceptors (Lipinski definition) is 4. The summed E-state index contributed by atoms with van der Waals surface area (Å²) in [5, 5.41) is 4.29. The molecule has 4 heteroatoms. The van der Waals surface area contributed by atoms with Gasteiger partial charge in [-0.1, -0.05) is 18.2 Å². The predicted octanol–water partition coefficient (Wildman–Crippen LogP) is 2.81. The predicted molar refractivity (Wildman–Crippen MR) is 75.8 cm³/mol. The van der Waals surface area contributed by atoms with E-state index in [9.17, 15) is 0 Å². The minimum absolute atomic E-state index is 0.118. The number of aryl methyl sites for hydroxylation is 1. The van der Waals surface area contributed by atoms with Crippen molar-refractivity contribution in [3.8, 4) is 5.75 Å². The molecule has 2 rings (SSSR count). The topological polar surface area (TPSA) is 47.3 Å². The maximum atomic E-state index is 5.69. The Bertz CT molecular complexity index is 510. The van der Waals surface area contributed by atoms with E-state index in [1.807, 2.05) is 18.2 Å². The number of nitrogens with two attached hydrogens (primary N) is 1. The van der Waals surface area contributed by atoms with Crippen molar-refractivity contribution >= 4 is 11.3 Å². The monoisotopic (exact) mass is 262 g/mol. The largest absolute Gasteiger partial charge is 0.496 e. The average molecular weight is 262 g/mol. The Labute approximate surface area is 112 Å². The zero-order chi connectivity index (χ0) is 13.0.